The predicted octanol–water partition coefficient (Wildman–Crippen LogP) is 3.85. The van der Waals surface area contributed by atoms with Gasteiger partial charge in [0, 0.05) is 18.5 Å². The molecule has 1 amide bonds. The highest BCUT2D eigenvalue weighted by atomic mass is 16.5. The van der Waals surface area contributed by atoms with Gasteiger partial charge in [0.05, 0.1) is 12.0 Å². The third-order valence-corrected chi connectivity index (χ3v) is 5.19. The summed E-state index contributed by atoms with van der Waals surface area (Å²) in [5.74, 6) is 2.23. The van der Waals surface area contributed by atoms with E-state index in [1.807, 2.05) is 0 Å². The van der Waals surface area contributed by atoms with E-state index in [2.05, 4.69) is 44.2 Å². The lowest BCUT2D eigenvalue weighted by atomic mass is 9.57. The van der Waals surface area contributed by atoms with Gasteiger partial charge in [-0.05, 0) is 42.2 Å². The van der Waals surface area contributed by atoms with Crippen molar-refractivity contribution in [2.45, 2.75) is 53.0 Å². The minimum Gasteiger partial charge on any atom is -0.459 e. The maximum atomic E-state index is 12.1. The summed E-state index contributed by atoms with van der Waals surface area (Å²) in [6.07, 6.45) is 4.28. The lowest BCUT2D eigenvalue weighted by Crippen LogP contribution is -2.58. The van der Waals surface area contributed by atoms with E-state index < -0.39 is 0 Å². The fourth-order valence-corrected chi connectivity index (χ4v) is 3.45. The second-order valence-corrected chi connectivity index (χ2v) is 7.84. The van der Waals surface area contributed by atoms with Crippen LogP contribution in [-0.4, -0.2) is 17.1 Å². The van der Waals surface area contributed by atoms with E-state index in [9.17, 15) is 4.79 Å². The zero-order valence-corrected chi connectivity index (χ0v) is 14.8. The summed E-state index contributed by atoms with van der Waals surface area (Å²) in [5, 5.41) is 7.29. The molecular weight excluding hydrogens is 304 g/mol. The van der Waals surface area contributed by atoms with Gasteiger partial charge in [0.25, 0.3) is 5.91 Å². The Morgan fingerprint density at radius 1 is 1.46 bits per heavy atom. The summed E-state index contributed by atoms with van der Waals surface area (Å²) in [5.41, 5.74) is 1.04. The van der Waals surface area contributed by atoms with E-state index in [1.54, 1.807) is 12.1 Å². The quantitative estimate of drug-likeness (QED) is 0.873. The van der Waals surface area contributed by atoms with Crippen LogP contribution in [0.15, 0.2) is 33.4 Å². The molecule has 3 rings (SSSR count). The van der Waals surface area contributed by atoms with E-state index in [-0.39, 0.29) is 17.4 Å². The SMILES string of the molecule is CC(C)Cc1cc(CC2CC(NC(=O)c3ccco3)C2(C)C)no1. The number of carbonyl (C=O) groups excluding carboxylic acids is 1. The Kier molecular flexibility index (Phi) is 4.52. The van der Waals surface area contributed by atoms with Crippen molar-refractivity contribution in [3.05, 3.63) is 41.7 Å². The zero-order valence-electron chi connectivity index (χ0n) is 14.8. The van der Waals surface area contributed by atoms with Gasteiger partial charge in [-0.3, -0.25) is 4.79 Å². The minimum absolute atomic E-state index is 0.0272. The summed E-state index contributed by atoms with van der Waals surface area (Å²) in [4.78, 5) is 12.1. The van der Waals surface area contributed by atoms with Gasteiger partial charge in [-0.1, -0.05) is 32.9 Å². The van der Waals surface area contributed by atoms with Crippen LogP contribution in [0.25, 0.3) is 0 Å². The number of hydrogen-bond acceptors (Lipinski definition) is 4. The minimum atomic E-state index is -0.141. The molecule has 2 unspecified atom stereocenters. The number of furan rings is 1. The average Bonchev–Trinajstić information content (AvgIpc) is 3.17. The predicted molar refractivity (Wildman–Crippen MR) is 90.6 cm³/mol. The van der Waals surface area contributed by atoms with Crippen molar-refractivity contribution >= 4 is 5.91 Å². The van der Waals surface area contributed by atoms with Crippen LogP contribution in [0.2, 0.25) is 0 Å². The molecule has 1 N–H and O–H groups in total. The molecule has 2 aromatic rings. The fraction of sp³-hybridized carbons (Fsp3) is 0.579. The number of carbonyl (C=O) groups is 1. The van der Waals surface area contributed by atoms with Crippen molar-refractivity contribution in [1.29, 1.82) is 0 Å². The van der Waals surface area contributed by atoms with Gasteiger partial charge in [-0.15, -0.1) is 0 Å². The van der Waals surface area contributed by atoms with Gasteiger partial charge in [-0.2, -0.15) is 0 Å². The first-order chi connectivity index (χ1) is 11.4. The lowest BCUT2D eigenvalue weighted by molar-refractivity contribution is 0.0131. The van der Waals surface area contributed by atoms with Crippen LogP contribution in [-0.2, 0) is 12.8 Å². The Hall–Kier alpha value is -2.04. The van der Waals surface area contributed by atoms with Gasteiger partial charge in [0.1, 0.15) is 5.76 Å². The molecule has 1 aliphatic carbocycles. The van der Waals surface area contributed by atoms with E-state index in [1.165, 1.54) is 6.26 Å². The van der Waals surface area contributed by atoms with Crippen LogP contribution >= 0.6 is 0 Å². The zero-order chi connectivity index (χ0) is 17.3. The third kappa shape index (κ3) is 3.40. The molecule has 2 heterocycles. The number of nitrogens with zero attached hydrogens (tertiary/aromatic N) is 1. The van der Waals surface area contributed by atoms with Crippen molar-refractivity contribution in [2.24, 2.45) is 17.3 Å². The van der Waals surface area contributed by atoms with Gasteiger partial charge >= 0.3 is 0 Å². The maximum absolute atomic E-state index is 12.1. The summed E-state index contributed by atoms with van der Waals surface area (Å²) in [6, 6.07) is 5.64. The number of hydrogen-bond donors (Lipinski definition) is 1. The van der Waals surface area contributed by atoms with Gasteiger partial charge in [-0.25, -0.2) is 0 Å². The van der Waals surface area contributed by atoms with Crippen LogP contribution in [0.5, 0.6) is 0 Å². The first-order valence-corrected chi connectivity index (χ1v) is 8.65. The highest BCUT2D eigenvalue weighted by Gasteiger charge is 2.48. The van der Waals surface area contributed by atoms with E-state index in [0.29, 0.717) is 17.6 Å². The highest BCUT2D eigenvalue weighted by Crippen LogP contribution is 2.47. The summed E-state index contributed by atoms with van der Waals surface area (Å²) in [6.45, 7) is 8.74. The standard InChI is InChI=1S/C19H26N2O3/c1-12(2)8-15-11-14(21-24-15)9-13-10-17(19(13,3)4)20-18(22)16-6-5-7-23-16/h5-7,11-13,17H,8-10H2,1-4H3,(H,20,22). The lowest BCUT2D eigenvalue weighted by Gasteiger charge is -2.52. The number of nitrogens with one attached hydrogen (secondary N) is 1. The van der Waals surface area contributed by atoms with E-state index in [0.717, 1.165) is 30.7 Å². The summed E-state index contributed by atoms with van der Waals surface area (Å²) < 4.78 is 10.6. The van der Waals surface area contributed by atoms with Crippen LogP contribution in [0.1, 0.15) is 56.1 Å². The fourth-order valence-electron chi connectivity index (χ4n) is 3.45. The normalized spacial score (nSPS) is 22.4. The first kappa shape index (κ1) is 16.8. The molecule has 0 aromatic carbocycles. The topological polar surface area (TPSA) is 68.3 Å². The second kappa shape index (κ2) is 6.46. The molecule has 24 heavy (non-hydrogen) atoms. The van der Waals surface area contributed by atoms with Crippen LogP contribution < -0.4 is 5.32 Å². The molecule has 0 spiro atoms. The van der Waals surface area contributed by atoms with Crippen LogP contribution in [0.4, 0.5) is 0 Å². The molecule has 130 valence electrons. The molecule has 5 nitrogen and oxygen atoms in total. The van der Waals surface area contributed by atoms with Gasteiger partial charge in [0.2, 0.25) is 0 Å². The Morgan fingerprint density at radius 2 is 2.25 bits per heavy atom. The van der Waals surface area contributed by atoms with Gasteiger partial charge < -0.3 is 14.3 Å². The second-order valence-electron chi connectivity index (χ2n) is 7.84. The first-order valence-electron chi connectivity index (χ1n) is 8.65. The smallest absolute Gasteiger partial charge is 0.287 e. The third-order valence-electron chi connectivity index (χ3n) is 5.19. The Balaban J connectivity index is 1.56. The van der Waals surface area contributed by atoms with E-state index in [4.69, 9.17) is 8.94 Å². The van der Waals surface area contributed by atoms with Crippen molar-refractivity contribution in [2.75, 3.05) is 0 Å². The average molecular weight is 330 g/mol. The highest BCUT2D eigenvalue weighted by molar-refractivity contribution is 5.91. The molecule has 0 saturated heterocycles. The van der Waals surface area contributed by atoms with Gasteiger partial charge in [0.15, 0.2) is 5.76 Å². The summed E-state index contributed by atoms with van der Waals surface area (Å²) in [7, 11) is 0. The molecule has 0 radical (unpaired) electrons. The molecule has 2 aromatic heterocycles. The van der Waals surface area contributed by atoms with Crippen molar-refractivity contribution in [3.63, 3.8) is 0 Å². The van der Waals surface area contributed by atoms with Crippen molar-refractivity contribution in [1.82, 2.24) is 10.5 Å². The molecule has 5 heteroatoms. The Labute approximate surface area is 142 Å². The maximum Gasteiger partial charge on any atom is 0.287 e. The number of amides is 1. The Bertz CT molecular complexity index is 685. The van der Waals surface area contributed by atoms with E-state index >= 15 is 0 Å². The van der Waals surface area contributed by atoms with Crippen molar-refractivity contribution < 1.29 is 13.7 Å². The largest absolute Gasteiger partial charge is 0.459 e. The molecular formula is C19H26N2O3. The molecule has 2 atom stereocenters. The Morgan fingerprint density at radius 3 is 2.88 bits per heavy atom. The van der Waals surface area contributed by atoms with Crippen LogP contribution in [0, 0.1) is 17.3 Å². The molecule has 0 aliphatic heterocycles. The monoisotopic (exact) mass is 330 g/mol. The molecule has 0 bridgehead atoms. The molecule has 1 aliphatic rings. The van der Waals surface area contributed by atoms with Crippen LogP contribution in [0.3, 0.4) is 0 Å². The number of rotatable bonds is 6. The summed E-state index contributed by atoms with van der Waals surface area (Å²) >= 11 is 0. The molecule has 1 fully saturated rings. The van der Waals surface area contributed by atoms with Crippen molar-refractivity contribution in [3.8, 4) is 0 Å². The number of aromatic nitrogens is 1. The molecule has 1 saturated carbocycles.